The van der Waals surface area contributed by atoms with Gasteiger partial charge in [-0.2, -0.15) is 0 Å². The third kappa shape index (κ3) is 5.13. The van der Waals surface area contributed by atoms with Crippen LogP contribution in [0.5, 0.6) is 5.75 Å². The molecule has 2 N–H and O–H groups in total. The molecule has 0 aliphatic heterocycles. The van der Waals surface area contributed by atoms with Crippen molar-refractivity contribution in [3.8, 4) is 5.75 Å². The molecule has 3 rings (SSSR count). The monoisotopic (exact) mass is 389 g/mol. The van der Waals surface area contributed by atoms with Crippen molar-refractivity contribution in [2.45, 2.75) is 27.2 Å². The van der Waals surface area contributed by atoms with Gasteiger partial charge in [-0.1, -0.05) is 35.9 Å². The first-order chi connectivity index (χ1) is 14.0. The predicted octanol–water partition coefficient (Wildman–Crippen LogP) is 4.73. The average molecular weight is 389 g/mol. The summed E-state index contributed by atoms with van der Waals surface area (Å²) < 4.78 is 5.36. The van der Waals surface area contributed by atoms with Crippen LogP contribution < -0.4 is 15.4 Å². The Morgan fingerprint density at radius 3 is 2.48 bits per heavy atom. The van der Waals surface area contributed by atoms with Gasteiger partial charge in [-0.15, -0.1) is 0 Å². The summed E-state index contributed by atoms with van der Waals surface area (Å²) in [5.41, 5.74) is 6.98. The van der Waals surface area contributed by atoms with E-state index in [1.165, 1.54) is 5.56 Å². The van der Waals surface area contributed by atoms with Crippen LogP contribution in [0.1, 0.15) is 32.6 Å². The highest BCUT2D eigenvalue weighted by atomic mass is 16.5. The van der Waals surface area contributed by atoms with Gasteiger partial charge in [-0.3, -0.25) is 9.78 Å². The summed E-state index contributed by atoms with van der Waals surface area (Å²) in [4.78, 5) is 16.8. The lowest BCUT2D eigenvalue weighted by atomic mass is 10.0. The van der Waals surface area contributed by atoms with E-state index in [0.29, 0.717) is 18.5 Å². The largest absolute Gasteiger partial charge is 0.496 e. The van der Waals surface area contributed by atoms with Crippen LogP contribution in [0, 0.1) is 20.8 Å². The van der Waals surface area contributed by atoms with E-state index in [1.54, 1.807) is 19.5 Å². The van der Waals surface area contributed by atoms with Crippen LogP contribution in [0.4, 0.5) is 11.4 Å². The number of anilines is 2. The van der Waals surface area contributed by atoms with Gasteiger partial charge in [0.15, 0.2) is 0 Å². The van der Waals surface area contributed by atoms with Gasteiger partial charge in [0.05, 0.1) is 24.6 Å². The van der Waals surface area contributed by atoms with E-state index in [1.807, 2.05) is 30.3 Å². The third-order valence-corrected chi connectivity index (χ3v) is 4.82. The number of rotatable bonds is 7. The predicted molar refractivity (Wildman–Crippen MR) is 117 cm³/mol. The van der Waals surface area contributed by atoms with Crippen LogP contribution in [-0.4, -0.2) is 24.5 Å². The van der Waals surface area contributed by atoms with E-state index in [2.05, 4.69) is 48.5 Å². The number of para-hydroxylation sites is 1. The molecule has 2 aromatic carbocycles. The number of carbonyl (C=O) groups excluding carboxylic acids is 1. The molecule has 1 amide bonds. The molecule has 0 unspecified atom stereocenters. The molecule has 0 atom stereocenters. The molecule has 5 heteroatoms. The van der Waals surface area contributed by atoms with Crippen molar-refractivity contribution in [2.24, 2.45) is 0 Å². The highest BCUT2D eigenvalue weighted by molar-refractivity contribution is 5.94. The first-order valence-corrected chi connectivity index (χ1v) is 9.68. The van der Waals surface area contributed by atoms with Crippen molar-refractivity contribution >= 4 is 17.3 Å². The number of benzene rings is 2. The number of nitrogens with zero attached hydrogens (tertiary/aromatic N) is 1. The van der Waals surface area contributed by atoms with E-state index in [-0.39, 0.29) is 5.91 Å². The van der Waals surface area contributed by atoms with Gasteiger partial charge < -0.3 is 15.4 Å². The minimum Gasteiger partial charge on any atom is -0.496 e. The average Bonchev–Trinajstić information content (AvgIpc) is 2.71. The van der Waals surface area contributed by atoms with Crippen molar-refractivity contribution in [2.75, 3.05) is 19.0 Å². The second-order valence-electron chi connectivity index (χ2n) is 7.18. The van der Waals surface area contributed by atoms with Crippen LogP contribution in [0.3, 0.4) is 0 Å². The number of amides is 1. The molecule has 0 fully saturated rings. The minimum absolute atomic E-state index is 0.145. The van der Waals surface area contributed by atoms with Crippen LogP contribution in [0.25, 0.3) is 0 Å². The Hall–Kier alpha value is -3.34. The maximum Gasteiger partial charge on any atom is 0.252 e. The lowest BCUT2D eigenvalue weighted by Gasteiger charge is -2.14. The molecule has 0 aliphatic carbocycles. The number of hydrogen-bond acceptors (Lipinski definition) is 4. The summed E-state index contributed by atoms with van der Waals surface area (Å²) in [5.74, 6) is 0.687. The Balaban J connectivity index is 1.65. The Morgan fingerprint density at radius 1 is 1.03 bits per heavy atom. The summed E-state index contributed by atoms with van der Waals surface area (Å²) in [6.07, 6.45) is 4.01. The highest BCUT2D eigenvalue weighted by Crippen LogP contribution is 2.26. The van der Waals surface area contributed by atoms with E-state index in [0.717, 1.165) is 33.8 Å². The first-order valence-electron chi connectivity index (χ1n) is 9.68. The minimum atomic E-state index is -0.145. The number of carbonyl (C=O) groups is 1. The summed E-state index contributed by atoms with van der Waals surface area (Å²) >= 11 is 0. The molecule has 29 heavy (non-hydrogen) atoms. The number of aromatic nitrogens is 1. The Kier molecular flexibility index (Phi) is 6.50. The number of pyridine rings is 1. The molecule has 0 spiro atoms. The van der Waals surface area contributed by atoms with E-state index in [9.17, 15) is 4.79 Å². The Morgan fingerprint density at radius 2 is 1.76 bits per heavy atom. The molecule has 0 radical (unpaired) electrons. The number of hydrogen-bond donors (Lipinski definition) is 2. The van der Waals surface area contributed by atoms with Gasteiger partial charge in [0.1, 0.15) is 5.75 Å². The topological polar surface area (TPSA) is 63.2 Å². The lowest BCUT2D eigenvalue weighted by molar-refractivity contribution is 0.0953. The highest BCUT2D eigenvalue weighted by Gasteiger charge is 2.10. The number of nitrogens with one attached hydrogen (secondary N) is 2. The molecular formula is C24H27N3O2. The quantitative estimate of drug-likeness (QED) is 0.613. The zero-order valence-electron chi connectivity index (χ0n) is 17.4. The van der Waals surface area contributed by atoms with E-state index >= 15 is 0 Å². The molecule has 1 heterocycles. The molecule has 0 saturated heterocycles. The molecule has 3 aromatic rings. The van der Waals surface area contributed by atoms with Gasteiger partial charge in [0, 0.05) is 18.4 Å². The first kappa shape index (κ1) is 20.4. The molecule has 5 nitrogen and oxygen atoms in total. The van der Waals surface area contributed by atoms with Crippen LogP contribution >= 0.6 is 0 Å². The summed E-state index contributed by atoms with van der Waals surface area (Å²) in [6.45, 7) is 6.75. The van der Waals surface area contributed by atoms with Crippen LogP contribution in [0.15, 0.2) is 54.9 Å². The number of aryl methyl sites for hydroxylation is 3. The summed E-state index contributed by atoms with van der Waals surface area (Å²) in [7, 11) is 1.65. The van der Waals surface area contributed by atoms with Gasteiger partial charge in [0.2, 0.25) is 0 Å². The molecule has 0 bridgehead atoms. The van der Waals surface area contributed by atoms with Crippen molar-refractivity contribution in [3.05, 3.63) is 82.7 Å². The molecule has 0 aliphatic rings. The van der Waals surface area contributed by atoms with Gasteiger partial charge >= 0.3 is 0 Å². The van der Waals surface area contributed by atoms with Gasteiger partial charge in [-0.05, 0) is 56.0 Å². The fraction of sp³-hybridized carbons (Fsp3) is 0.250. The molecule has 0 saturated carbocycles. The zero-order valence-corrected chi connectivity index (χ0v) is 17.4. The maximum absolute atomic E-state index is 12.6. The smallest absolute Gasteiger partial charge is 0.252 e. The van der Waals surface area contributed by atoms with Crippen LogP contribution in [-0.2, 0) is 6.42 Å². The SMILES string of the molecule is COc1ccccc1CCNC(=O)c1cncc(Nc2c(C)cc(C)cc2C)c1. The number of ether oxygens (including phenoxy) is 1. The summed E-state index contributed by atoms with van der Waals surface area (Å²) in [6, 6.07) is 13.9. The fourth-order valence-corrected chi connectivity index (χ4v) is 3.48. The molecular weight excluding hydrogens is 362 g/mol. The van der Waals surface area contributed by atoms with E-state index < -0.39 is 0 Å². The van der Waals surface area contributed by atoms with Crippen molar-refractivity contribution in [1.82, 2.24) is 10.3 Å². The van der Waals surface area contributed by atoms with Crippen LogP contribution in [0.2, 0.25) is 0 Å². The lowest BCUT2D eigenvalue weighted by Crippen LogP contribution is -2.26. The molecule has 150 valence electrons. The Bertz CT molecular complexity index is 992. The standard InChI is InChI=1S/C24H27N3O2/c1-16-11-17(2)23(18(3)12-16)27-21-13-20(14-25-15-21)24(28)26-10-9-19-7-5-6-8-22(19)29-4/h5-8,11-15,27H,9-10H2,1-4H3,(H,26,28). The third-order valence-electron chi connectivity index (χ3n) is 4.82. The van der Waals surface area contributed by atoms with Crippen molar-refractivity contribution < 1.29 is 9.53 Å². The van der Waals surface area contributed by atoms with Gasteiger partial charge in [0.25, 0.3) is 5.91 Å². The normalized spacial score (nSPS) is 10.5. The maximum atomic E-state index is 12.6. The fourth-order valence-electron chi connectivity index (χ4n) is 3.48. The zero-order chi connectivity index (χ0) is 20.8. The summed E-state index contributed by atoms with van der Waals surface area (Å²) in [5, 5.41) is 6.36. The van der Waals surface area contributed by atoms with E-state index in [4.69, 9.17) is 4.74 Å². The second kappa shape index (κ2) is 9.24. The Labute approximate surface area is 172 Å². The van der Waals surface area contributed by atoms with Gasteiger partial charge in [-0.25, -0.2) is 0 Å². The van der Waals surface area contributed by atoms with Crippen molar-refractivity contribution in [3.63, 3.8) is 0 Å². The number of methoxy groups -OCH3 is 1. The second-order valence-corrected chi connectivity index (χ2v) is 7.18. The molecule has 1 aromatic heterocycles. The van der Waals surface area contributed by atoms with Crippen molar-refractivity contribution in [1.29, 1.82) is 0 Å².